The van der Waals surface area contributed by atoms with E-state index in [4.69, 9.17) is 11.0 Å². The average molecular weight is 230 g/mol. The maximum Gasteiger partial charge on any atom is 0.250 e. The van der Waals surface area contributed by atoms with Crippen LogP contribution in [0, 0.1) is 11.3 Å². The third kappa shape index (κ3) is 2.72. The number of carbonyl (C=O) groups excluding carboxylic acids is 1. The zero-order chi connectivity index (χ0) is 12.3. The van der Waals surface area contributed by atoms with Gasteiger partial charge in [-0.1, -0.05) is 0 Å². The van der Waals surface area contributed by atoms with E-state index in [1.165, 1.54) is 6.20 Å². The van der Waals surface area contributed by atoms with Crippen LogP contribution in [0.2, 0.25) is 0 Å². The van der Waals surface area contributed by atoms with Crippen LogP contribution in [-0.2, 0) is 0 Å². The highest BCUT2D eigenvalue weighted by Crippen LogP contribution is 2.30. The fourth-order valence-electron chi connectivity index (χ4n) is 1.74. The number of anilines is 1. The molecule has 2 rings (SSSR count). The lowest BCUT2D eigenvalue weighted by atomic mass is 10.2. The Bertz CT molecular complexity index is 445. The number of rotatable bonds is 5. The molecule has 1 saturated carbocycles. The monoisotopic (exact) mass is 230 g/mol. The van der Waals surface area contributed by atoms with Crippen molar-refractivity contribution in [3.05, 3.63) is 23.9 Å². The molecule has 1 heterocycles. The normalized spacial score (nSPS) is 14.1. The third-order valence-electron chi connectivity index (χ3n) is 2.78. The fraction of sp³-hybridized carbons (Fsp3) is 0.417. The summed E-state index contributed by atoms with van der Waals surface area (Å²) in [5, 5.41) is 8.62. The van der Waals surface area contributed by atoms with E-state index in [0.717, 1.165) is 18.7 Å². The molecule has 1 aliphatic rings. The van der Waals surface area contributed by atoms with Gasteiger partial charge in [0.1, 0.15) is 5.82 Å². The first-order chi connectivity index (χ1) is 8.22. The summed E-state index contributed by atoms with van der Waals surface area (Å²) >= 11 is 0. The summed E-state index contributed by atoms with van der Waals surface area (Å²) in [6.45, 7) is 0.685. The van der Waals surface area contributed by atoms with Gasteiger partial charge in [0.05, 0.1) is 18.1 Å². The summed E-state index contributed by atoms with van der Waals surface area (Å²) in [7, 11) is 0. The number of aromatic nitrogens is 1. The summed E-state index contributed by atoms with van der Waals surface area (Å²) in [6, 6.07) is 6.09. The number of nitrogens with two attached hydrogens (primary N) is 1. The maximum absolute atomic E-state index is 10.9. The predicted molar refractivity (Wildman–Crippen MR) is 63.4 cm³/mol. The van der Waals surface area contributed by atoms with Crippen LogP contribution < -0.4 is 10.6 Å². The Morgan fingerprint density at radius 3 is 2.82 bits per heavy atom. The highest BCUT2D eigenvalue weighted by atomic mass is 16.1. The molecule has 5 nitrogen and oxygen atoms in total. The predicted octanol–water partition coefficient (Wildman–Crippen LogP) is 1.06. The topological polar surface area (TPSA) is 83.0 Å². The van der Waals surface area contributed by atoms with Crippen molar-refractivity contribution in [3.63, 3.8) is 0 Å². The van der Waals surface area contributed by atoms with Crippen molar-refractivity contribution < 1.29 is 4.79 Å². The molecule has 1 aliphatic carbocycles. The van der Waals surface area contributed by atoms with E-state index in [2.05, 4.69) is 16.0 Å². The molecule has 0 radical (unpaired) electrons. The largest absolute Gasteiger partial charge is 0.366 e. The molecular formula is C12H14N4O. The Balaban J connectivity index is 2.13. The highest BCUT2D eigenvalue weighted by molar-refractivity contribution is 5.92. The van der Waals surface area contributed by atoms with Crippen molar-refractivity contribution in [1.29, 1.82) is 5.26 Å². The minimum atomic E-state index is -0.473. The van der Waals surface area contributed by atoms with E-state index in [1.54, 1.807) is 12.1 Å². The molecule has 1 aromatic heterocycles. The summed E-state index contributed by atoms with van der Waals surface area (Å²) in [4.78, 5) is 17.3. The van der Waals surface area contributed by atoms with Crippen LogP contribution in [0.3, 0.4) is 0 Å². The van der Waals surface area contributed by atoms with Crippen LogP contribution in [0.15, 0.2) is 18.3 Å². The van der Waals surface area contributed by atoms with Gasteiger partial charge in [0.15, 0.2) is 0 Å². The second-order valence-electron chi connectivity index (χ2n) is 4.10. The van der Waals surface area contributed by atoms with Crippen molar-refractivity contribution >= 4 is 11.7 Å². The van der Waals surface area contributed by atoms with Crippen molar-refractivity contribution in [1.82, 2.24) is 4.98 Å². The SMILES string of the molecule is N#CCCN(c1ccc(C(N)=O)cn1)C1CC1. The van der Waals surface area contributed by atoms with Gasteiger partial charge in [-0.05, 0) is 25.0 Å². The van der Waals surface area contributed by atoms with E-state index in [0.29, 0.717) is 24.6 Å². The minimum Gasteiger partial charge on any atom is -0.366 e. The zero-order valence-electron chi connectivity index (χ0n) is 9.47. The average Bonchev–Trinajstić information content (AvgIpc) is 3.14. The van der Waals surface area contributed by atoms with Gasteiger partial charge in [-0.15, -0.1) is 0 Å². The molecule has 1 fully saturated rings. The Morgan fingerprint density at radius 1 is 1.59 bits per heavy atom. The quantitative estimate of drug-likeness (QED) is 0.819. The van der Waals surface area contributed by atoms with Crippen LogP contribution in [0.1, 0.15) is 29.6 Å². The van der Waals surface area contributed by atoms with E-state index in [9.17, 15) is 4.79 Å². The maximum atomic E-state index is 10.9. The minimum absolute atomic E-state index is 0.407. The number of pyridine rings is 1. The van der Waals surface area contributed by atoms with Gasteiger partial charge in [0.2, 0.25) is 5.91 Å². The molecule has 2 N–H and O–H groups in total. The molecule has 0 atom stereocenters. The number of hydrogen-bond donors (Lipinski definition) is 1. The standard InChI is InChI=1S/C12H14N4O/c13-6-1-7-16(10-3-4-10)11-5-2-9(8-15-11)12(14)17/h2,5,8,10H,1,3-4,7H2,(H2,14,17). The van der Waals surface area contributed by atoms with Gasteiger partial charge < -0.3 is 10.6 Å². The van der Waals surface area contributed by atoms with Gasteiger partial charge in [0, 0.05) is 18.8 Å². The Labute approximate surface area is 99.9 Å². The van der Waals surface area contributed by atoms with E-state index in [1.807, 2.05) is 0 Å². The fourth-order valence-corrected chi connectivity index (χ4v) is 1.74. The van der Waals surface area contributed by atoms with Crippen molar-refractivity contribution in [2.24, 2.45) is 5.73 Å². The first-order valence-corrected chi connectivity index (χ1v) is 5.62. The van der Waals surface area contributed by atoms with E-state index in [-0.39, 0.29) is 0 Å². The molecule has 0 spiro atoms. The van der Waals surface area contributed by atoms with Crippen LogP contribution in [0.25, 0.3) is 0 Å². The second-order valence-corrected chi connectivity index (χ2v) is 4.10. The summed E-state index contributed by atoms with van der Waals surface area (Å²) in [6.07, 6.45) is 4.25. The Hall–Kier alpha value is -2.09. The molecule has 5 heteroatoms. The molecule has 1 aromatic rings. The highest BCUT2D eigenvalue weighted by Gasteiger charge is 2.29. The van der Waals surface area contributed by atoms with Gasteiger partial charge in [-0.2, -0.15) is 5.26 Å². The summed E-state index contributed by atoms with van der Waals surface area (Å²) in [5.41, 5.74) is 5.56. The zero-order valence-corrected chi connectivity index (χ0v) is 9.47. The number of hydrogen-bond acceptors (Lipinski definition) is 4. The lowest BCUT2D eigenvalue weighted by Crippen LogP contribution is -2.27. The molecule has 0 aliphatic heterocycles. The first kappa shape index (κ1) is 11.4. The second kappa shape index (κ2) is 4.83. The van der Waals surface area contributed by atoms with Crippen LogP contribution in [0.5, 0.6) is 0 Å². The van der Waals surface area contributed by atoms with Gasteiger partial charge in [-0.25, -0.2) is 4.98 Å². The van der Waals surface area contributed by atoms with E-state index < -0.39 is 5.91 Å². The molecule has 0 saturated heterocycles. The lowest BCUT2D eigenvalue weighted by Gasteiger charge is -2.22. The molecule has 88 valence electrons. The van der Waals surface area contributed by atoms with Crippen molar-refractivity contribution in [2.45, 2.75) is 25.3 Å². The Kier molecular flexibility index (Phi) is 3.24. The third-order valence-corrected chi connectivity index (χ3v) is 2.78. The number of carbonyl (C=O) groups is 1. The lowest BCUT2D eigenvalue weighted by molar-refractivity contribution is 0.1000. The molecule has 1 amide bonds. The number of nitrogens with zero attached hydrogens (tertiary/aromatic N) is 3. The molecule has 17 heavy (non-hydrogen) atoms. The Morgan fingerprint density at radius 2 is 2.35 bits per heavy atom. The van der Waals surface area contributed by atoms with Crippen molar-refractivity contribution in [2.75, 3.05) is 11.4 Å². The van der Waals surface area contributed by atoms with Gasteiger partial charge >= 0.3 is 0 Å². The van der Waals surface area contributed by atoms with Crippen LogP contribution in [-0.4, -0.2) is 23.5 Å². The molecule has 0 aromatic carbocycles. The summed E-state index contributed by atoms with van der Waals surface area (Å²) in [5.74, 6) is 0.340. The number of nitriles is 1. The number of amides is 1. The molecule has 0 bridgehead atoms. The van der Waals surface area contributed by atoms with Gasteiger partial charge in [-0.3, -0.25) is 4.79 Å². The van der Waals surface area contributed by atoms with Crippen LogP contribution >= 0.6 is 0 Å². The molecular weight excluding hydrogens is 216 g/mol. The molecule has 0 unspecified atom stereocenters. The van der Waals surface area contributed by atoms with Gasteiger partial charge in [0.25, 0.3) is 0 Å². The first-order valence-electron chi connectivity index (χ1n) is 5.62. The summed E-state index contributed by atoms with van der Waals surface area (Å²) < 4.78 is 0. The van der Waals surface area contributed by atoms with Crippen molar-refractivity contribution in [3.8, 4) is 6.07 Å². The number of primary amides is 1. The smallest absolute Gasteiger partial charge is 0.250 e. The van der Waals surface area contributed by atoms with Crippen LogP contribution in [0.4, 0.5) is 5.82 Å². The van der Waals surface area contributed by atoms with E-state index >= 15 is 0 Å².